The Morgan fingerprint density at radius 2 is 1.60 bits per heavy atom. The van der Waals surface area contributed by atoms with Crippen LogP contribution in [0, 0.1) is 36.5 Å². The fourth-order valence-corrected chi connectivity index (χ4v) is 7.47. The minimum Gasteiger partial charge on any atom is -0.507 e. The lowest BCUT2D eigenvalue weighted by Gasteiger charge is -2.38. The Morgan fingerprint density at radius 3 is 2.18 bits per heavy atom. The maximum Gasteiger partial charge on any atom is 0.348 e. The van der Waals surface area contributed by atoms with Gasteiger partial charge in [-0.15, -0.1) is 0 Å². The number of nitrogens with zero attached hydrogens (tertiary/aromatic N) is 1. The molecule has 0 fully saturated rings. The van der Waals surface area contributed by atoms with Gasteiger partial charge in [0.1, 0.15) is 23.4 Å². The first-order valence-electron chi connectivity index (χ1n) is 19.5. The Bertz CT molecular complexity index is 2120. The van der Waals surface area contributed by atoms with Crippen molar-refractivity contribution in [2.75, 3.05) is 12.4 Å². The number of oxime groups is 1. The van der Waals surface area contributed by atoms with E-state index in [1.807, 2.05) is 0 Å². The van der Waals surface area contributed by atoms with E-state index in [2.05, 4.69) is 10.5 Å². The number of Topliss-reactive ketones (excluding diaryl/α,β-unsaturated/α-hetero) is 1. The lowest BCUT2D eigenvalue weighted by Crippen LogP contribution is -2.46. The van der Waals surface area contributed by atoms with Crippen LogP contribution in [0.4, 0.5) is 5.69 Å². The predicted molar refractivity (Wildman–Crippen MR) is 219 cm³/mol. The molecule has 0 radical (unpaired) electrons. The molecule has 0 spiro atoms. The summed E-state index contributed by atoms with van der Waals surface area (Å²) in [4.78, 5) is 57.4. The van der Waals surface area contributed by atoms with E-state index in [1.165, 1.54) is 53.0 Å². The van der Waals surface area contributed by atoms with Crippen LogP contribution in [-0.2, 0) is 33.4 Å². The van der Waals surface area contributed by atoms with Gasteiger partial charge < -0.3 is 59.7 Å². The van der Waals surface area contributed by atoms with Gasteiger partial charge in [0.15, 0.2) is 5.75 Å². The van der Waals surface area contributed by atoms with Crippen molar-refractivity contribution in [3.05, 3.63) is 52.8 Å². The molecule has 0 saturated heterocycles. The van der Waals surface area contributed by atoms with Gasteiger partial charge in [0.05, 0.1) is 53.0 Å². The van der Waals surface area contributed by atoms with Crippen LogP contribution in [0.15, 0.2) is 41.3 Å². The number of aromatic hydroxyl groups is 3. The van der Waals surface area contributed by atoms with Crippen LogP contribution in [0.1, 0.15) is 83.8 Å². The normalized spacial score (nSPS) is 30.3. The second-order valence-electron chi connectivity index (χ2n) is 16.0. The Hall–Kier alpha value is -5.65. The highest BCUT2D eigenvalue weighted by Crippen LogP contribution is 2.55. The van der Waals surface area contributed by atoms with Gasteiger partial charge >= 0.3 is 17.7 Å². The van der Waals surface area contributed by atoms with E-state index in [0.717, 1.165) is 12.5 Å². The van der Waals surface area contributed by atoms with Crippen LogP contribution in [0.5, 0.6) is 23.0 Å². The van der Waals surface area contributed by atoms with Crippen molar-refractivity contribution >= 4 is 46.3 Å². The molecule has 2 aromatic carbocycles. The van der Waals surface area contributed by atoms with E-state index in [0.29, 0.717) is 0 Å². The van der Waals surface area contributed by atoms with Crippen LogP contribution < -0.4 is 10.1 Å². The molecule has 60 heavy (non-hydrogen) atoms. The Balaban J connectivity index is 1.99. The van der Waals surface area contributed by atoms with Gasteiger partial charge in [-0.05, 0) is 19.9 Å². The standard InChI is InChI=1S/C43H56N2O15/c1-18(2)37(42(54)55)60-44-17-26-31-36(51)29-28(35(26)50)30-39(24(8)34(29)49)59-43(10,40(30)52)57-16-15-27(56-11)21(5)38(58-25(9)46)23(7)33(48)22(6)32(47)19(3)13-12-14-20(4)41(53)45-31/h12-19,21-23,27,32-33,37-38,47-51H,1-11H3,(H,45,53)(H,54,55)/b13-12+,16-15+,20-14-,44-17?/t19-,21-,22+,23-,27-,32-,33+,37?,38+,43-/m0/s1. The van der Waals surface area contributed by atoms with E-state index < -0.39 is 129 Å². The molecule has 1 amide bonds. The molecular weight excluding hydrogens is 784 g/mol. The number of fused-ring (bicyclic) bond motifs is 14. The fourth-order valence-electron chi connectivity index (χ4n) is 7.47. The predicted octanol–water partition coefficient (Wildman–Crippen LogP) is 5.21. The highest BCUT2D eigenvalue weighted by Gasteiger charge is 2.50. The number of phenols is 3. The number of aliphatic hydroxyl groups is 2. The second kappa shape index (κ2) is 18.7. The number of anilines is 1. The molecule has 3 heterocycles. The third-order valence-corrected chi connectivity index (χ3v) is 11.2. The molecule has 2 aromatic rings. The number of nitrogens with one attached hydrogen (secondary N) is 1. The van der Waals surface area contributed by atoms with E-state index in [1.54, 1.807) is 47.6 Å². The monoisotopic (exact) mass is 840 g/mol. The number of aliphatic carboxylic acids is 1. The Kier molecular flexibility index (Phi) is 14.7. The number of benzene rings is 2. The minimum absolute atomic E-state index is 0.0301. The molecule has 0 saturated carbocycles. The number of ketones is 1. The van der Waals surface area contributed by atoms with Gasteiger partial charge in [0.2, 0.25) is 6.10 Å². The molecule has 10 atom stereocenters. The number of esters is 1. The third-order valence-electron chi connectivity index (χ3n) is 11.2. The lowest BCUT2D eigenvalue weighted by molar-refractivity contribution is -0.160. The van der Waals surface area contributed by atoms with Gasteiger partial charge in [0.25, 0.3) is 11.7 Å². The van der Waals surface area contributed by atoms with Crippen molar-refractivity contribution < 1.29 is 73.6 Å². The van der Waals surface area contributed by atoms with E-state index in [4.69, 9.17) is 23.8 Å². The van der Waals surface area contributed by atoms with E-state index in [-0.39, 0.29) is 22.4 Å². The van der Waals surface area contributed by atoms with Crippen LogP contribution in [-0.4, -0.2) is 104 Å². The average molecular weight is 841 g/mol. The quantitative estimate of drug-likeness (QED) is 0.0620. The summed E-state index contributed by atoms with van der Waals surface area (Å²) in [6.07, 6.45) is 2.49. The largest absolute Gasteiger partial charge is 0.507 e. The zero-order valence-corrected chi connectivity index (χ0v) is 35.5. The first-order valence-corrected chi connectivity index (χ1v) is 19.5. The van der Waals surface area contributed by atoms with Gasteiger partial charge in [-0.2, -0.15) is 0 Å². The number of carboxylic acids is 1. The number of aliphatic hydroxyl groups excluding tert-OH is 2. The molecule has 0 aliphatic carbocycles. The number of ether oxygens (including phenoxy) is 4. The smallest absolute Gasteiger partial charge is 0.348 e. The average Bonchev–Trinajstić information content (AvgIpc) is 3.45. The number of hydrogen-bond acceptors (Lipinski definition) is 15. The molecule has 3 aliphatic rings. The van der Waals surface area contributed by atoms with E-state index >= 15 is 0 Å². The summed E-state index contributed by atoms with van der Waals surface area (Å²) in [5, 5.41) is 73.1. The molecule has 5 bridgehead atoms. The van der Waals surface area contributed by atoms with Crippen LogP contribution in [0.25, 0.3) is 10.8 Å². The number of amides is 1. The Morgan fingerprint density at radius 1 is 0.950 bits per heavy atom. The number of phenolic OH excluding ortho intramolecular Hbond substituents is 3. The van der Waals surface area contributed by atoms with Crippen molar-refractivity contribution in [2.24, 2.45) is 34.7 Å². The maximum atomic E-state index is 14.4. The summed E-state index contributed by atoms with van der Waals surface area (Å²) in [6, 6.07) is 0. The molecule has 17 heteroatoms. The van der Waals surface area contributed by atoms with Gasteiger partial charge in [-0.3, -0.25) is 14.4 Å². The number of carbonyl (C=O) groups is 4. The van der Waals surface area contributed by atoms with Crippen molar-refractivity contribution in [3.63, 3.8) is 0 Å². The molecular formula is C43H56N2O15. The van der Waals surface area contributed by atoms with Gasteiger partial charge in [0, 0.05) is 67.1 Å². The SMILES string of the molecule is CO[C@H]1/C=C/O[C@@]2(C)Oc3c(C)c(O)c4c(O)c(c(C=NOC(C(=O)O)C(C)C)c(O)c4c3C2=O)NC(=O)/C(C)=C\C=C\[C@H](C)[C@H](O)[C@@H](C)[C@@H](O)[C@H](C)[C@H](OC(C)=O)[C@H]1C. The summed E-state index contributed by atoms with van der Waals surface area (Å²) < 4.78 is 23.4. The third kappa shape index (κ3) is 9.22. The summed E-state index contributed by atoms with van der Waals surface area (Å²) in [7, 11) is 1.40. The second-order valence-corrected chi connectivity index (χ2v) is 16.0. The summed E-state index contributed by atoms with van der Waals surface area (Å²) in [5.74, 6) is -11.3. The topological polar surface area (TPSA) is 260 Å². The van der Waals surface area contributed by atoms with Crippen LogP contribution >= 0.6 is 0 Å². The minimum atomic E-state index is -2.13. The van der Waals surface area contributed by atoms with Crippen LogP contribution in [0.2, 0.25) is 0 Å². The number of hydrogen-bond donors (Lipinski definition) is 7. The molecule has 328 valence electrons. The summed E-state index contributed by atoms with van der Waals surface area (Å²) in [5.41, 5.74) is -1.17. The Labute approximate surface area is 347 Å². The fraction of sp³-hybridized carbons (Fsp3) is 0.512. The molecule has 3 aliphatic heterocycles. The molecule has 5 rings (SSSR count). The summed E-state index contributed by atoms with van der Waals surface area (Å²) >= 11 is 0. The number of carbonyl (C=O) groups excluding carboxylic acids is 3. The highest BCUT2D eigenvalue weighted by atomic mass is 16.7. The first-order chi connectivity index (χ1) is 28.0. The number of allylic oxidation sites excluding steroid dienone is 2. The lowest BCUT2D eigenvalue weighted by atomic mass is 9.78. The molecule has 17 nitrogen and oxygen atoms in total. The number of methoxy groups -OCH3 is 1. The number of rotatable bonds is 7. The molecule has 1 unspecified atom stereocenters. The summed E-state index contributed by atoms with van der Waals surface area (Å²) in [6.45, 7) is 15.3. The maximum absolute atomic E-state index is 14.4. The van der Waals surface area contributed by atoms with Crippen molar-refractivity contribution in [1.29, 1.82) is 0 Å². The van der Waals surface area contributed by atoms with Gasteiger partial charge in [-0.25, -0.2) is 4.79 Å². The van der Waals surface area contributed by atoms with Crippen LogP contribution in [0.3, 0.4) is 0 Å². The van der Waals surface area contributed by atoms with Crippen molar-refractivity contribution in [3.8, 4) is 23.0 Å². The highest BCUT2D eigenvalue weighted by molar-refractivity contribution is 6.23. The van der Waals surface area contributed by atoms with Crippen molar-refractivity contribution in [2.45, 2.75) is 106 Å². The zero-order chi connectivity index (χ0) is 45.1. The van der Waals surface area contributed by atoms with E-state index in [9.17, 15) is 49.8 Å². The van der Waals surface area contributed by atoms with Crippen molar-refractivity contribution in [1.82, 2.24) is 0 Å². The molecule has 7 N–H and O–H groups in total. The number of carboxylic acid groups (broad SMARTS) is 1. The first kappa shape index (κ1) is 47.0. The van der Waals surface area contributed by atoms with Gasteiger partial charge in [-0.1, -0.05) is 64.9 Å². The zero-order valence-electron chi connectivity index (χ0n) is 35.5. The molecule has 0 aromatic heterocycles.